The maximum absolute atomic E-state index is 12.0. The Morgan fingerprint density at radius 3 is 1.17 bits per heavy atom. The molecule has 4 N–H and O–H groups in total. The van der Waals surface area contributed by atoms with Gasteiger partial charge in [-0.1, -0.05) is 0 Å². The normalized spacial score (nSPS) is 10.8. The third-order valence-electron chi connectivity index (χ3n) is 3.30. The Kier molecular flexibility index (Phi) is 5.73. The van der Waals surface area contributed by atoms with Crippen LogP contribution in [-0.4, -0.2) is 52.7 Å². The lowest BCUT2D eigenvalue weighted by atomic mass is 10.1. The third kappa shape index (κ3) is 4.98. The first kappa shape index (κ1) is 21.2. The summed E-state index contributed by atoms with van der Waals surface area (Å²) in [6, 6.07) is 4.63. The Morgan fingerprint density at radius 1 is 0.586 bits per heavy atom. The van der Waals surface area contributed by atoms with Crippen LogP contribution in [0.3, 0.4) is 0 Å². The van der Waals surface area contributed by atoms with Crippen LogP contribution in [0.1, 0.15) is 41.4 Å². The molecule has 0 spiro atoms. The number of hydrogen-bond acceptors (Lipinski definition) is 8. The summed E-state index contributed by atoms with van der Waals surface area (Å²) in [4.78, 5) is 44.2. The van der Waals surface area contributed by atoms with E-state index in [1.54, 1.807) is 0 Å². The van der Waals surface area contributed by atoms with Crippen molar-refractivity contribution < 1.29 is 56.4 Å². The molecule has 152 valence electrons. The van der Waals surface area contributed by atoms with Gasteiger partial charge in [-0.15, -0.1) is 8.42 Å². The van der Waals surface area contributed by atoms with Crippen molar-refractivity contribution in [1.82, 2.24) is 0 Å². The van der Waals surface area contributed by atoms with Crippen LogP contribution in [0.15, 0.2) is 36.4 Å². The van der Waals surface area contributed by atoms with Crippen molar-refractivity contribution in [2.45, 2.75) is 0 Å². The Morgan fingerprint density at radius 2 is 0.897 bits per heavy atom. The zero-order valence-electron chi connectivity index (χ0n) is 13.9. The van der Waals surface area contributed by atoms with E-state index < -0.39 is 68.0 Å². The third-order valence-corrected chi connectivity index (χ3v) is 4.09. The van der Waals surface area contributed by atoms with E-state index in [4.69, 9.17) is 20.4 Å². The minimum absolute atomic E-state index is 0.590. The van der Waals surface area contributed by atoms with Crippen molar-refractivity contribution in [3.63, 3.8) is 0 Å². The SMILES string of the molecule is O=C(O)c1ccc(OS(=O)(=O)Oc2ccc(C(=O)O)c(C(=O)O)c2)cc1C(=O)O. The van der Waals surface area contributed by atoms with E-state index in [9.17, 15) is 27.6 Å². The highest BCUT2D eigenvalue weighted by molar-refractivity contribution is 7.82. The highest BCUT2D eigenvalue weighted by Crippen LogP contribution is 2.23. The van der Waals surface area contributed by atoms with Crippen LogP contribution in [-0.2, 0) is 10.4 Å². The summed E-state index contributed by atoms with van der Waals surface area (Å²) < 4.78 is 33.1. The van der Waals surface area contributed by atoms with Gasteiger partial charge >= 0.3 is 34.3 Å². The fourth-order valence-electron chi connectivity index (χ4n) is 2.13. The Labute approximate surface area is 161 Å². The number of hydrogen-bond donors (Lipinski definition) is 4. The summed E-state index contributed by atoms with van der Waals surface area (Å²) >= 11 is 0. The average molecular weight is 426 g/mol. The summed E-state index contributed by atoms with van der Waals surface area (Å²) in [5, 5.41) is 35.9. The zero-order valence-corrected chi connectivity index (χ0v) is 14.7. The molecule has 12 nitrogen and oxygen atoms in total. The van der Waals surface area contributed by atoms with Crippen LogP contribution in [0, 0.1) is 0 Å². The second-order valence-corrected chi connectivity index (χ2v) is 6.36. The number of carbonyl (C=O) groups is 4. The predicted molar refractivity (Wildman–Crippen MR) is 90.9 cm³/mol. The monoisotopic (exact) mass is 426 g/mol. The van der Waals surface area contributed by atoms with Gasteiger partial charge in [0.15, 0.2) is 0 Å². The highest BCUT2D eigenvalue weighted by Gasteiger charge is 2.23. The van der Waals surface area contributed by atoms with Crippen LogP contribution in [0.5, 0.6) is 11.5 Å². The molecule has 29 heavy (non-hydrogen) atoms. The van der Waals surface area contributed by atoms with Crippen LogP contribution in [0.2, 0.25) is 0 Å². The van der Waals surface area contributed by atoms with Gasteiger partial charge in [0.1, 0.15) is 11.5 Å². The van der Waals surface area contributed by atoms with Crippen LogP contribution >= 0.6 is 0 Å². The van der Waals surface area contributed by atoms with Gasteiger partial charge < -0.3 is 28.8 Å². The average Bonchev–Trinajstić information content (AvgIpc) is 2.60. The first-order valence-corrected chi connectivity index (χ1v) is 8.60. The minimum Gasteiger partial charge on any atom is -0.478 e. The summed E-state index contributed by atoms with van der Waals surface area (Å²) in [7, 11) is -4.92. The van der Waals surface area contributed by atoms with Crippen LogP contribution < -0.4 is 8.37 Å². The van der Waals surface area contributed by atoms with E-state index in [0.29, 0.717) is 12.1 Å². The predicted octanol–water partition coefficient (Wildman–Crippen LogP) is 1.18. The minimum atomic E-state index is -4.92. The van der Waals surface area contributed by atoms with Crippen LogP contribution in [0.4, 0.5) is 0 Å². The Hall–Kier alpha value is -4.13. The zero-order chi connectivity index (χ0) is 21.9. The quantitative estimate of drug-likeness (QED) is 0.470. The fourth-order valence-corrected chi connectivity index (χ4v) is 2.84. The van der Waals surface area contributed by atoms with Crippen molar-refractivity contribution >= 4 is 34.3 Å². The summed E-state index contributed by atoms with van der Waals surface area (Å²) in [6.07, 6.45) is 0. The van der Waals surface area contributed by atoms with Gasteiger partial charge in [0.2, 0.25) is 0 Å². The molecule has 0 atom stereocenters. The number of carboxylic acids is 4. The lowest BCUT2D eigenvalue weighted by Gasteiger charge is -2.10. The van der Waals surface area contributed by atoms with E-state index in [0.717, 1.165) is 24.3 Å². The molecule has 0 unspecified atom stereocenters. The van der Waals surface area contributed by atoms with Gasteiger partial charge in [-0.05, 0) is 36.4 Å². The summed E-state index contributed by atoms with van der Waals surface area (Å²) in [5.41, 5.74) is -2.72. The molecule has 0 amide bonds. The number of benzene rings is 2. The molecule has 0 saturated heterocycles. The van der Waals surface area contributed by atoms with Gasteiger partial charge in [-0.25, -0.2) is 19.2 Å². The van der Waals surface area contributed by atoms with Crippen molar-refractivity contribution in [2.24, 2.45) is 0 Å². The second kappa shape index (κ2) is 7.85. The van der Waals surface area contributed by atoms with Crippen molar-refractivity contribution in [3.8, 4) is 11.5 Å². The molecule has 0 aliphatic heterocycles. The fraction of sp³-hybridized carbons (Fsp3) is 0. The maximum atomic E-state index is 12.0. The van der Waals surface area contributed by atoms with Gasteiger partial charge in [-0.3, -0.25) is 0 Å². The molecule has 2 aromatic carbocycles. The second-order valence-electron chi connectivity index (χ2n) is 5.21. The lowest BCUT2D eigenvalue weighted by Crippen LogP contribution is -2.18. The molecule has 0 aromatic heterocycles. The number of rotatable bonds is 8. The molecule has 2 aromatic rings. The lowest BCUT2D eigenvalue weighted by molar-refractivity contribution is 0.0651. The molecule has 0 fully saturated rings. The van der Waals surface area contributed by atoms with Gasteiger partial charge in [0.05, 0.1) is 22.3 Å². The van der Waals surface area contributed by atoms with E-state index in [2.05, 4.69) is 8.37 Å². The van der Waals surface area contributed by atoms with E-state index in [-0.39, 0.29) is 0 Å². The maximum Gasteiger partial charge on any atom is 0.500 e. The highest BCUT2D eigenvalue weighted by atomic mass is 32.3. The molecular weight excluding hydrogens is 416 g/mol. The molecule has 0 heterocycles. The standard InChI is InChI=1S/C16H10O12S/c17-13(18)9-3-1-7(5-11(9)15(21)22)27-29(25,26)28-8-2-4-10(14(19)20)12(6-8)16(23)24/h1-6H,(H,17,18)(H,19,20)(H,21,22)(H,23,24). The van der Waals surface area contributed by atoms with Crippen molar-refractivity contribution in [1.29, 1.82) is 0 Å². The topological polar surface area (TPSA) is 202 Å². The van der Waals surface area contributed by atoms with Crippen molar-refractivity contribution in [2.75, 3.05) is 0 Å². The number of aromatic carboxylic acids is 4. The van der Waals surface area contributed by atoms with E-state index >= 15 is 0 Å². The Bertz CT molecular complexity index is 1050. The molecule has 0 radical (unpaired) electrons. The van der Waals surface area contributed by atoms with Gasteiger partial charge in [0, 0.05) is 0 Å². The smallest absolute Gasteiger partial charge is 0.478 e. The molecule has 0 saturated carbocycles. The molecule has 0 aliphatic carbocycles. The molecule has 2 rings (SSSR count). The first-order chi connectivity index (χ1) is 13.4. The first-order valence-electron chi connectivity index (χ1n) is 7.26. The van der Waals surface area contributed by atoms with Crippen LogP contribution in [0.25, 0.3) is 0 Å². The van der Waals surface area contributed by atoms with E-state index in [1.807, 2.05) is 0 Å². The largest absolute Gasteiger partial charge is 0.500 e. The molecular formula is C16H10O12S. The molecule has 13 heteroatoms. The summed E-state index contributed by atoms with van der Waals surface area (Å²) in [5.74, 6) is -7.61. The van der Waals surface area contributed by atoms with Gasteiger partial charge in [0.25, 0.3) is 0 Å². The number of carboxylic acid groups (broad SMARTS) is 4. The Balaban J connectivity index is 2.34. The van der Waals surface area contributed by atoms with Crippen molar-refractivity contribution in [3.05, 3.63) is 58.7 Å². The van der Waals surface area contributed by atoms with Gasteiger partial charge in [-0.2, -0.15) is 0 Å². The van der Waals surface area contributed by atoms with E-state index in [1.165, 1.54) is 0 Å². The summed E-state index contributed by atoms with van der Waals surface area (Å²) in [6.45, 7) is 0. The molecule has 0 aliphatic rings. The molecule has 0 bridgehead atoms.